The summed E-state index contributed by atoms with van der Waals surface area (Å²) in [6.07, 6.45) is 4.89. The lowest BCUT2D eigenvalue weighted by molar-refractivity contribution is -0.130. The van der Waals surface area contributed by atoms with Crippen molar-refractivity contribution in [1.29, 1.82) is 0 Å². The van der Waals surface area contributed by atoms with Crippen LogP contribution in [0.2, 0.25) is 5.02 Å². The third-order valence-corrected chi connectivity index (χ3v) is 4.34. The van der Waals surface area contributed by atoms with Gasteiger partial charge in [0.2, 0.25) is 5.91 Å². The van der Waals surface area contributed by atoms with Gasteiger partial charge in [-0.1, -0.05) is 11.6 Å². The summed E-state index contributed by atoms with van der Waals surface area (Å²) in [7, 11) is 1.80. The number of imidazole rings is 1. The number of aromatic nitrogens is 2. The fourth-order valence-electron chi connectivity index (χ4n) is 2.96. The maximum Gasteiger partial charge on any atom is 0.236 e. The van der Waals surface area contributed by atoms with Crippen molar-refractivity contribution in [3.63, 3.8) is 0 Å². The van der Waals surface area contributed by atoms with E-state index in [9.17, 15) is 4.79 Å². The molecule has 1 amide bonds. The highest BCUT2D eigenvalue weighted by Gasteiger charge is 2.19. The van der Waals surface area contributed by atoms with Crippen LogP contribution in [0, 0.1) is 0 Å². The van der Waals surface area contributed by atoms with E-state index in [2.05, 4.69) is 15.2 Å². The number of nitrogens with one attached hydrogen (secondary N) is 1. The largest absolute Gasteiger partial charge is 0.340 e. The molecule has 0 radical (unpaired) electrons. The van der Waals surface area contributed by atoms with E-state index in [0.29, 0.717) is 11.6 Å². The second-order valence-corrected chi connectivity index (χ2v) is 6.32. The quantitative estimate of drug-likeness (QED) is 0.913. The summed E-state index contributed by atoms with van der Waals surface area (Å²) in [4.78, 5) is 20.9. The zero-order chi connectivity index (χ0) is 16.2. The van der Waals surface area contributed by atoms with Crippen molar-refractivity contribution < 1.29 is 4.79 Å². The molecule has 23 heavy (non-hydrogen) atoms. The lowest BCUT2D eigenvalue weighted by Crippen LogP contribution is -2.39. The summed E-state index contributed by atoms with van der Waals surface area (Å²) in [5.41, 5.74) is 1.94. The highest BCUT2D eigenvalue weighted by molar-refractivity contribution is 6.30. The molecule has 0 spiro atoms. The molecular weight excluding hydrogens is 314 g/mol. The molecule has 1 saturated heterocycles. The standard InChI is InChI=1S/C16H22ClN5O/c1-18-9-16(23)21-6-2-5-20(7-8-21)11-14-12-22-10-13(17)3-4-15(22)19-14/h3-4,10,12,18H,2,5-9,11H2,1H3. The number of nitrogens with zero attached hydrogens (tertiary/aromatic N) is 4. The van der Waals surface area contributed by atoms with Gasteiger partial charge in [-0.25, -0.2) is 4.98 Å². The van der Waals surface area contributed by atoms with Gasteiger partial charge in [0, 0.05) is 45.1 Å². The number of halogens is 1. The Hall–Kier alpha value is -1.63. The zero-order valence-corrected chi connectivity index (χ0v) is 14.1. The van der Waals surface area contributed by atoms with Gasteiger partial charge in [0.15, 0.2) is 0 Å². The molecule has 0 aromatic carbocycles. The predicted octanol–water partition coefficient (Wildman–Crippen LogP) is 1.24. The number of amides is 1. The first kappa shape index (κ1) is 16.2. The number of pyridine rings is 1. The summed E-state index contributed by atoms with van der Waals surface area (Å²) in [6.45, 7) is 4.68. The fourth-order valence-corrected chi connectivity index (χ4v) is 3.13. The smallest absolute Gasteiger partial charge is 0.236 e. The highest BCUT2D eigenvalue weighted by Crippen LogP contribution is 2.14. The minimum Gasteiger partial charge on any atom is -0.340 e. The number of hydrogen-bond acceptors (Lipinski definition) is 4. The number of likely N-dealkylation sites (N-methyl/N-ethyl adjacent to an activating group) is 1. The molecule has 0 atom stereocenters. The Bertz CT molecular complexity index is 686. The third kappa shape index (κ3) is 4.02. The Morgan fingerprint density at radius 1 is 1.26 bits per heavy atom. The van der Waals surface area contributed by atoms with Crippen LogP contribution in [0.3, 0.4) is 0 Å². The van der Waals surface area contributed by atoms with Crippen molar-refractivity contribution in [2.75, 3.05) is 39.8 Å². The van der Waals surface area contributed by atoms with Crippen LogP contribution in [-0.4, -0.2) is 64.9 Å². The van der Waals surface area contributed by atoms with E-state index in [-0.39, 0.29) is 5.91 Å². The van der Waals surface area contributed by atoms with Gasteiger partial charge >= 0.3 is 0 Å². The van der Waals surface area contributed by atoms with E-state index in [1.807, 2.05) is 33.8 Å². The van der Waals surface area contributed by atoms with Crippen molar-refractivity contribution in [2.24, 2.45) is 0 Å². The fraction of sp³-hybridized carbons (Fsp3) is 0.500. The molecule has 0 unspecified atom stereocenters. The molecule has 3 heterocycles. The number of carbonyl (C=O) groups excluding carboxylic acids is 1. The van der Waals surface area contributed by atoms with Crippen LogP contribution in [0.25, 0.3) is 5.65 Å². The Labute approximate surface area is 141 Å². The molecule has 7 heteroatoms. The average molecular weight is 336 g/mol. The number of carbonyl (C=O) groups is 1. The molecule has 0 bridgehead atoms. The van der Waals surface area contributed by atoms with Crippen LogP contribution in [0.15, 0.2) is 24.5 Å². The molecule has 6 nitrogen and oxygen atoms in total. The molecule has 2 aromatic heterocycles. The van der Waals surface area contributed by atoms with Gasteiger partial charge in [0.05, 0.1) is 17.3 Å². The second-order valence-electron chi connectivity index (χ2n) is 5.89. The summed E-state index contributed by atoms with van der Waals surface area (Å²) >= 11 is 6.01. The first-order valence-electron chi connectivity index (χ1n) is 7.93. The van der Waals surface area contributed by atoms with Gasteiger partial charge in [-0.2, -0.15) is 0 Å². The van der Waals surface area contributed by atoms with Crippen LogP contribution in [-0.2, 0) is 11.3 Å². The number of fused-ring (bicyclic) bond motifs is 1. The molecule has 3 rings (SSSR count). The molecule has 0 saturated carbocycles. The topological polar surface area (TPSA) is 52.9 Å². The molecule has 124 valence electrons. The van der Waals surface area contributed by atoms with Crippen LogP contribution in [0.1, 0.15) is 12.1 Å². The van der Waals surface area contributed by atoms with Crippen LogP contribution in [0.4, 0.5) is 0 Å². The SMILES string of the molecule is CNCC(=O)N1CCCN(Cc2cn3cc(Cl)ccc3n2)CC1. The molecular formula is C16H22ClN5O. The van der Waals surface area contributed by atoms with Gasteiger partial charge < -0.3 is 14.6 Å². The van der Waals surface area contributed by atoms with Crippen LogP contribution in [0.5, 0.6) is 0 Å². The normalized spacial score (nSPS) is 16.7. The summed E-state index contributed by atoms with van der Waals surface area (Å²) in [6, 6.07) is 3.78. The lowest BCUT2D eigenvalue weighted by atomic mass is 10.3. The van der Waals surface area contributed by atoms with Crippen molar-refractivity contribution in [3.8, 4) is 0 Å². The van der Waals surface area contributed by atoms with Gasteiger partial charge in [-0.05, 0) is 25.6 Å². The van der Waals surface area contributed by atoms with E-state index >= 15 is 0 Å². The number of hydrogen-bond donors (Lipinski definition) is 1. The molecule has 2 aromatic rings. The zero-order valence-electron chi connectivity index (χ0n) is 13.3. The number of rotatable bonds is 4. The third-order valence-electron chi connectivity index (χ3n) is 4.12. The minimum absolute atomic E-state index is 0.178. The summed E-state index contributed by atoms with van der Waals surface area (Å²) in [5.74, 6) is 0.178. The van der Waals surface area contributed by atoms with Gasteiger partial charge in [0.25, 0.3) is 0 Å². The van der Waals surface area contributed by atoms with Crippen molar-refractivity contribution in [2.45, 2.75) is 13.0 Å². The second kappa shape index (κ2) is 7.29. The Morgan fingerprint density at radius 3 is 2.96 bits per heavy atom. The van der Waals surface area contributed by atoms with Crippen molar-refractivity contribution in [3.05, 3.63) is 35.2 Å². The van der Waals surface area contributed by atoms with Gasteiger partial charge in [0.1, 0.15) is 5.65 Å². The monoisotopic (exact) mass is 335 g/mol. The van der Waals surface area contributed by atoms with Gasteiger partial charge in [-0.3, -0.25) is 9.69 Å². The van der Waals surface area contributed by atoms with Crippen molar-refractivity contribution >= 4 is 23.2 Å². The van der Waals surface area contributed by atoms with E-state index in [1.165, 1.54) is 0 Å². The van der Waals surface area contributed by atoms with Gasteiger partial charge in [-0.15, -0.1) is 0 Å². The maximum atomic E-state index is 12.0. The molecule has 1 N–H and O–H groups in total. The van der Waals surface area contributed by atoms with Crippen LogP contribution >= 0.6 is 11.6 Å². The lowest BCUT2D eigenvalue weighted by Gasteiger charge is -2.21. The Morgan fingerprint density at radius 2 is 2.13 bits per heavy atom. The summed E-state index contributed by atoms with van der Waals surface area (Å²) < 4.78 is 1.96. The Balaban J connectivity index is 1.62. The van der Waals surface area contributed by atoms with Crippen molar-refractivity contribution in [1.82, 2.24) is 24.5 Å². The van der Waals surface area contributed by atoms with Crippen LogP contribution < -0.4 is 5.32 Å². The minimum atomic E-state index is 0.178. The maximum absolute atomic E-state index is 12.0. The van der Waals surface area contributed by atoms with E-state index in [0.717, 1.165) is 50.5 Å². The first-order chi connectivity index (χ1) is 11.2. The molecule has 0 aliphatic carbocycles. The highest BCUT2D eigenvalue weighted by atomic mass is 35.5. The Kier molecular flexibility index (Phi) is 5.15. The van der Waals surface area contributed by atoms with E-state index in [4.69, 9.17) is 11.6 Å². The summed E-state index contributed by atoms with van der Waals surface area (Å²) in [5, 5.41) is 3.63. The molecule has 1 aliphatic rings. The predicted molar refractivity (Wildman–Crippen MR) is 90.6 cm³/mol. The average Bonchev–Trinajstić information content (AvgIpc) is 2.75. The first-order valence-corrected chi connectivity index (χ1v) is 8.31. The molecule has 1 fully saturated rings. The van der Waals surface area contributed by atoms with E-state index in [1.54, 1.807) is 7.05 Å². The van der Waals surface area contributed by atoms with E-state index < -0.39 is 0 Å². The molecule has 1 aliphatic heterocycles.